The standard InChI is InChI=1S/C16H25FN2/c1-3-19(12-16-5-4-10-18-16)13(2)11-14-6-8-15(17)9-7-14/h6-9,13,16,18H,3-5,10-12H2,1-2H3. The summed E-state index contributed by atoms with van der Waals surface area (Å²) in [6.45, 7) is 7.84. The highest BCUT2D eigenvalue weighted by atomic mass is 19.1. The molecule has 19 heavy (non-hydrogen) atoms. The van der Waals surface area contributed by atoms with E-state index >= 15 is 0 Å². The van der Waals surface area contributed by atoms with Gasteiger partial charge in [-0.1, -0.05) is 19.1 Å². The lowest BCUT2D eigenvalue weighted by Crippen LogP contribution is -2.43. The second-order valence-corrected chi connectivity index (χ2v) is 5.56. The summed E-state index contributed by atoms with van der Waals surface area (Å²) >= 11 is 0. The quantitative estimate of drug-likeness (QED) is 0.850. The van der Waals surface area contributed by atoms with Crippen LogP contribution in [0.2, 0.25) is 0 Å². The van der Waals surface area contributed by atoms with Crippen molar-refractivity contribution in [2.24, 2.45) is 0 Å². The van der Waals surface area contributed by atoms with Crippen molar-refractivity contribution in [3.8, 4) is 0 Å². The van der Waals surface area contributed by atoms with E-state index in [1.54, 1.807) is 12.1 Å². The van der Waals surface area contributed by atoms with Crippen molar-refractivity contribution in [1.82, 2.24) is 10.2 Å². The Balaban J connectivity index is 1.88. The zero-order chi connectivity index (χ0) is 13.7. The number of nitrogens with zero attached hydrogens (tertiary/aromatic N) is 1. The molecule has 1 heterocycles. The molecule has 1 aliphatic rings. The molecule has 1 fully saturated rings. The van der Waals surface area contributed by atoms with Gasteiger partial charge in [0.1, 0.15) is 5.82 Å². The normalized spacial score (nSPS) is 20.9. The molecule has 2 atom stereocenters. The van der Waals surface area contributed by atoms with Crippen molar-refractivity contribution < 1.29 is 4.39 Å². The largest absolute Gasteiger partial charge is 0.313 e. The number of halogens is 1. The maximum atomic E-state index is 12.9. The minimum Gasteiger partial charge on any atom is -0.313 e. The summed E-state index contributed by atoms with van der Waals surface area (Å²) in [5.41, 5.74) is 1.21. The zero-order valence-corrected chi connectivity index (χ0v) is 12.0. The van der Waals surface area contributed by atoms with Crippen molar-refractivity contribution in [3.05, 3.63) is 35.6 Å². The van der Waals surface area contributed by atoms with E-state index in [1.807, 2.05) is 12.1 Å². The van der Waals surface area contributed by atoms with E-state index in [2.05, 4.69) is 24.1 Å². The van der Waals surface area contributed by atoms with Gasteiger partial charge in [-0.3, -0.25) is 4.90 Å². The minimum atomic E-state index is -0.154. The average molecular weight is 264 g/mol. The highest BCUT2D eigenvalue weighted by Gasteiger charge is 2.20. The lowest BCUT2D eigenvalue weighted by atomic mass is 10.0. The molecule has 3 heteroatoms. The molecule has 0 aromatic heterocycles. The molecule has 2 rings (SSSR count). The Morgan fingerprint density at radius 3 is 2.68 bits per heavy atom. The van der Waals surface area contributed by atoms with Gasteiger partial charge in [0.2, 0.25) is 0 Å². The summed E-state index contributed by atoms with van der Waals surface area (Å²) in [5, 5.41) is 3.56. The summed E-state index contributed by atoms with van der Waals surface area (Å²) in [7, 11) is 0. The van der Waals surface area contributed by atoms with E-state index in [9.17, 15) is 4.39 Å². The first-order valence-electron chi connectivity index (χ1n) is 7.41. The molecule has 0 amide bonds. The van der Waals surface area contributed by atoms with Crippen LogP contribution in [0.25, 0.3) is 0 Å². The fraction of sp³-hybridized carbons (Fsp3) is 0.625. The molecule has 0 aliphatic carbocycles. The van der Waals surface area contributed by atoms with Gasteiger partial charge in [0.25, 0.3) is 0 Å². The molecule has 106 valence electrons. The van der Waals surface area contributed by atoms with Crippen LogP contribution >= 0.6 is 0 Å². The van der Waals surface area contributed by atoms with Gasteiger partial charge in [-0.05, 0) is 57.0 Å². The highest BCUT2D eigenvalue weighted by Crippen LogP contribution is 2.13. The number of nitrogens with one attached hydrogen (secondary N) is 1. The SMILES string of the molecule is CCN(CC1CCCN1)C(C)Cc1ccc(F)cc1. The van der Waals surface area contributed by atoms with Crippen molar-refractivity contribution in [3.63, 3.8) is 0 Å². The third-order valence-corrected chi connectivity index (χ3v) is 4.09. The lowest BCUT2D eigenvalue weighted by molar-refractivity contribution is 0.200. The smallest absolute Gasteiger partial charge is 0.123 e. The van der Waals surface area contributed by atoms with Gasteiger partial charge in [-0.25, -0.2) is 4.39 Å². The van der Waals surface area contributed by atoms with E-state index in [0.717, 1.165) is 26.1 Å². The lowest BCUT2D eigenvalue weighted by Gasteiger charge is -2.30. The minimum absolute atomic E-state index is 0.154. The Labute approximate surface area is 116 Å². The Morgan fingerprint density at radius 2 is 2.11 bits per heavy atom. The van der Waals surface area contributed by atoms with Crippen LogP contribution < -0.4 is 5.32 Å². The fourth-order valence-electron chi connectivity index (χ4n) is 2.91. The van der Waals surface area contributed by atoms with Crippen LogP contribution in [0.15, 0.2) is 24.3 Å². The summed E-state index contributed by atoms with van der Waals surface area (Å²) in [6.07, 6.45) is 3.58. The molecular weight excluding hydrogens is 239 g/mol. The molecule has 1 saturated heterocycles. The van der Waals surface area contributed by atoms with E-state index < -0.39 is 0 Å². The topological polar surface area (TPSA) is 15.3 Å². The van der Waals surface area contributed by atoms with Crippen molar-refractivity contribution >= 4 is 0 Å². The summed E-state index contributed by atoms with van der Waals surface area (Å²) in [5.74, 6) is -0.154. The molecule has 1 aromatic rings. The molecule has 1 N–H and O–H groups in total. The first kappa shape index (κ1) is 14.5. The van der Waals surface area contributed by atoms with Gasteiger partial charge in [0.05, 0.1) is 0 Å². The van der Waals surface area contributed by atoms with Crippen molar-refractivity contribution in [2.45, 2.75) is 45.2 Å². The monoisotopic (exact) mass is 264 g/mol. The van der Waals surface area contributed by atoms with Crippen molar-refractivity contribution in [2.75, 3.05) is 19.6 Å². The summed E-state index contributed by atoms with van der Waals surface area (Å²) in [6, 6.07) is 8.04. The van der Waals surface area contributed by atoms with E-state index in [4.69, 9.17) is 0 Å². The number of benzene rings is 1. The van der Waals surface area contributed by atoms with Crippen LogP contribution in [0.1, 0.15) is 32.3 Å². The molecule has 1 aromatic carbocycles. The number of hydrogen-bond acceptors (Lipinski definition) is 2. The van der Waals surface area contributed by atoms with Crippen LogP contribution in [0.3, 0.4) is 0 Å². The van der Waals surface area contributed by atoms with Crippen molar-refractivity contribution in [1.29, 1.82) is 0 Å². The predicted molar refractivity (Wildman–Crippen MR) is 77.8 cm³/mol. The second-order valence-electron chi connectivity index (χ2n) is 5.56. The third kappa shape index (κ3) is 4.29. The van der Waals surface area contributed by atoms with Gasteiger partial charge in [-0.2, -0.15) is 0 Å². The van der Waals surface area contributed by atoms with E-state index in [1.165, 1.54) is 18.4 Å². The predicted octanol–water partition coefficient (Wildman–Crippen LogP) is 2.83. The van der Waals surface area contributed by atoms with Gasteiger partial charge in [0, 0.05) is 18.6 Å². The van der Waals surface area contributed by atoms with Gasteiger partial charge in [-0.15, -0.1) is 0 Å². The maximum Gasteiger partial charge on any atom is 0.123 e. The third-order valence-electron chi connectivity index (χ3n) is 4.09. The second kappa shape index (κ2) is 7.01. The summed E-state index contributed by atoms with van der Waals surface area (Å²) < 4.78 is 12.9. The molecule has 0 spiro atoms. The molecule has 0 bridgehead atoms. The number of rotatable bonds is 6. The average Bonchev–Trinajstić information content (AvgIpc) is 2.91. The van der Waals surface area contributed by atoms with Gasteiger partial charge < -0.3 is 5.32 Å². The fourth-order valence-corrected chi connectivity index (χ4v) is 2.91. The molecule has 1 aliphatic heterocycles. The number of hydrogen-bond donors (Lipinski definition) is 1. The Hall–Kier alpha value is -0.930. The van der Waals surface area contributed by atoms with Gasteiger partial charge in [0.15, 0.2) is 0 Å². The molecule has 0 saturated carbocycles. The Morgan fingerprint density at radius 1 is 1.37 bits per heavy atom. The van der Waals surface area contributed by atoms with E-state index in [-0.39, 0.29) is 5.82 Å². The maximum absolute atomic E-state index is 12.9. The van der Waals surface area contributed by atoms with Crippen LogP contribution in [0.5, 0.6) is 0 Å². The van der Waals surface area contributed by atoms with Crippen LogP contribution in [-0.2, 0) is 6.42 Å². The molecule has 2 unspecified atom stereocenters. The zero-order valence-electron chi connectivity index (χ0n) is 12.0. The first-order chi connectivity index (χ1) is 9.19. The van der Waals surface area contributed by atoms with Crippen LogP contribution in [0.4, 0.5) is 4.39 Å². The molecular formula is C16H25FN2. The first-order valence-corrected chi connectivity index (χ1v) is 7.41. The highest BCUT2D eigenvalue weighted by molar-refractivity contribution is 5.17. The number of likely N-dealkylation sites (N-methyl/N-ethyl adjacent to an activating group) is 1. The van der Waals surface area contributed by atoms with Crippen LogP contribution in [0, 0.1) is 5.82 Å². The summed E-state index contributed by atoms with van der Waals surface area (Å²) in [4.78, 5) is 2.52. The Bertz CT molecular complexity index is 371. The Kier molecular flexibility index (Phi) is 5.34. The van der Waals surface area contributed by atoms with Gasteiger partial charge >= 0.3 is 0 Å². The van der Waals surface area contributed by atoms with Crippen LogP contribution in [-0.4, -0.2) is 36.6 Å². The van der Waals surface area contributed by atoms with E-state index in [0.29, 0.717) is 12.1 Å². The molecule has 2 nitrogen and oxygen atoms in total. The molecule has 0 radical (unpaired) electrons.